The molecule has 0 saturated carbocycles. The van der Waals surface area contributed by atoms with Crippen molar-refractivity contribution in [2.75, 3.05) is 7.11 Å². The van der Waals surface area contributed by atoms with E-state index in [1.807, 2.05) is 5.32 Å². The summed E-state index contributed by atoms with van der Waals surface area (Å²) in [6, 6.07) is 4.51. The van der Waals surface area contributed by atoms with Gasteiger partial charge in [-0.2, -0.15) is 0 Å². The Morgan fingerprint density at radius 1 is 1.35 bits per heavy atom. The van der Waals surface area contributed by atoms with E-state index in [-0.39, 0.29) is 12.2 Å². The first-order valence-corrected chi connectivity index (χ1v) is 6.68. The van der Waals surface area contributed by atoms with Crippen molar-refractivity contribution in [1.29, 1.82) is 0 Å². The number of ether oxygens (including phenoxy) is 2. The molecule has 2 rings (SSSR count). The van der Waals surface area contributed by atoms with Gasteiger partial charge in [0.1, 0.15) is 11.3 Å². The quantitative estimate of drug-likeness (QED) is 0.820. The number of phenols is 1. The minimum Gasteiger partial charge on any atom is -0.508 e. The summed E-state index contributed by atoms with van der Waals surface area (Å²) in [6.45, 7) is 1.34. The van der Waals surface area contributed by atoms with E-state index in [2.05, 4.69) is 4.74 Å². The predicted molar refractivity (Wildman–Crippen MR) is 77.7 cm³/mol. The Kier molecular flexibility index (Phi) is 4.85. The maximum Gasteiger partial charge on any atom is 0.413 e. The summed E-state index contributed by atoms with van der Waals surface area (Å²) in [5, 5.41) is 11.9. The van der Waals surface area contributed by atoms with Crippen LogP contribution in [0.15, 0.2) is 28.9 Å². The highest BCUT2D eigenvalue weighted by molar-refractivity contribution is 5.95. The van der Waals surface area contributed by atoms with Gasteiger partial charge >= 0.3 is 12.1 Å². The minimum absolute atomic E-state index is 0.0501. The van der Waals surface area contributed by atoms with Crippen LogP contribution in [-0.2, 0) is 25.5 Å². The summed E-state index contributed by atoms with van der Waals surface area (Å²) in [6.07, 6.45) is -0.819. The van der Waals surface area contributed by atoms with Crippen molar-refractivity contribution in [3.8, 4) is 5.75 Å². The fraction of sp³-hybridized carbons (Fsp3) is 0.267. The van der Waals surface area contributed by atoms with Crippen LogP contribution in [0.4, 0.5) is 4.79 Å². The number of fused-ring (bicyclic) bond motifs is 1. The fourth-order valence-corrected chi connectivity index (χ4v) is 1.91. The van der Waals surface area contributed by atoms with Crippen molar-refractivity contribution in [2.45, 2.75) is 19.4 Å². The Hall–Kier alpha value is -3.03. The lowest BCUT2D eigenvalue weighted by Gasteiger charge is -2.12. The summed E-state index contributed by atoms with van der Waals surface area (Å²) in [5.41, 5.74) is 0.995. The molecule has 2 aromatic rings. The number of hydrogen-bond acceptors (Lipinski definition) is 7. The van der Waals surface area contributed by atoms with E-state index in [0.29, 0.717) is 16.5 Å². The van der Waals surface area contributed by atoms with Crippen LogP contribution in [0.2, 0.25) is 0 Å². The van der Waals surface area contributed by atoms with E-state index < -0.39 is 24.1 Å². The molecule has 0 fully saturated rings. The largest absolute Gasteiger partial charge is 0.508 e. The van der Waals surface area contributed by atoms with Crippen molar-refractivity contribution >= 4 is 28.9 Å². The van der Waals surface area contributed by atoms with Crippen LogP contribution in [-0.4, -0.2) is 36.3 Å². The normalized spacial score (nSPS) is 11.7. The lowest BCUT2D eigenvalue weighted by Crippen LogP contribution is -2.39. The zero-order valence-electron chi connectivity index (χ0n) is 12.5. The third-order valence-corrected chi connectivity index (χ3v) is 3.06. The second-order valence-electron chi connectivity index (χ2n) is 4.73. The summed E-state index contributed by atoms with van der Waals surface area (Å²) < 4.78 is 14.5. The Morgan fingerprint density at radius 3 is 2.78 bits per heavy atom. The zero-order valence-corrected chi connectivity index (χ0v) is 12.5. The zero-order chi connectivity index (χ0) is 17.0. The number of furan rings is 1. The molecular formula is C15H15NO7. The predicted octanol–water partition coefficient (Wildman–Crippen LogP) is 1.50. The average molecular weight is 321 g/mol. The van der Waals surface area contributed by atoms with E-state index in [4.69, 9.17) is 9.15 Å². The molecule has 1 aromatic heterocycles. The molecule has 1 aromatic carbocycles. The van der Waals surface area contributed by atoms with Gasteiger partial charge in [-0.3, -0.25) is 14.9 Å². The molecular weight excluding hydrogens is 306 g/mol. The summed E-state index contributed by atoms with van der Waals surface area (Å²) in [5.74, 6) is -1.39. The first kappa shape index (κ1) is 16.3. The number of carbonyl (C=O) groups excluding carboxylic acids is 3. The van der Waals surface area contributed by atoms with Crippen LogP contribution in [0.1, 0.15) is 12.5 Å². The summed E-state index contributed by atoms with van der Waals surface area (Å²) in [4.78, 5) is 34.4. The van der Waals surface area contributed by atoms with Gasteiger partial charge in [0.15, 0.2) is 6.10 Å². The number of nitrogens with one attached hydrogen (secondary N) is 1. The number of benzene rings is 1. The van der Waals surface area contributed by atoms with Crippen molar-refractivity contribution < 1.29 is 33.4 Å². The van der Waals surface area contributed by atoms with Gasteiger partial charge in [-0.1, -0.05) is 0 Å². The number of alkyl carbamates (subject to hydrolysis) is 1. The van der Waals surface area contributed by atoms with Crippen molar-refractivity contribution in [2.24, 2.45) is 0 Å². The van der Waals surface area contributed by atoms with Crippen LogP contribution < -0.4 is 5.32 Å². The molecule has 0 aliphatic carbocycles. The maximum atomic E-state index is 11.9. The smallest absolute Gasteiger partial charge is 0.413 e. The van der Waals surface area contributed by atoms with E-state index in [9.17, 15) is 19.5 Å². The molecule has 2 amide bonds. The molecule has 0 aliphatic rings. The standard InChI is InChI=1S/C15H15NO7/c1-8(14(19)16-15(20)21-2)23-13(18)5-9-7-22-12-6-10(17)3-4-11(9)12/h3-4,6-8,17H,5H2,1-2H3,(H,16,19,20)/t8-/m0/s1. The number of phenolic OH excluding ortho intramolecular Hbond substituents is 1. The molecule has 8 heteroatoms. The van der Waals surface area contributed by atoms with Gasteiger partial charge in [-0.15, -0.1) is 0 Å². The van der Waals surface area contributed by atoms with Crippen LogP contribution >= 0.6 is 0 Å². The molecule has 0 saturated heterocycles. The fourth-order valence-electron chi connectivity index (χ4n) is 1.91. The molecule has 122 valence electrons. The number of imide groups is 1. The summed E-state index contributed by atoms with van der Waals surface area (Å²) in [7, 11) is 1.11. The van der Waals surface area contributed by atoms with Crippen LogP contribution in [0, 0.1) is 0 Å². The van der Waals surface area contributed by atoms with Gasteiger partial charge in [0.05, 0.1) is 19.8 Å². The van der Waals surface area contributed by atoms with E-state index in [1.165, 1.54) is 25.3 Å². The van der Waals surface area contributed by atoms with Gasteiger partial charge in [-0.25, -0.2) is 4.79 Å². The number of methoxy groups -OCH3 is 1. The SMILES string of the molecule is COC(=O)NC(=O)[C@H](C)OC(=O)Cc1coc2cc(O)ccc12. The number of carbonyl (C=O) groups is 3. The van der Waals surface area contributed by atoms with Crippen LogP contribution in [0.25, 0.3) is 11.0 Å². The molecule has 23 heavy (non-hydrogen) atoms. The van der Waals surface area contributed by atoms with Gasteiger partial charge < -0.3 is 19.0 Å². The molecule has 0 radical (unpaired) electrons. The van der Waals surface area contributed by atoms with Gasteiger partial charge in [0.2, 0.25) is 0 Å². The first-order chi connectivity index (χ1) is 10.9. The Labute approximate surface area is 131 Å². The van der Waals surface area contributed by atoms with Crippen molar-refractivity contribution in [3.63, 3.8) is 0 Å². The molecule has 0 unspecified atom stereocenters. The van der Waals surface area contributed by atoms with Crippen LogP contribution in [0.5, 0.6) is 5.75 Å². The lowest BCUT2D eigenvalue weighted by atomic mass is 10.1. The molecule has 1 heterocycles. The van der Waals surface area contributed by atoms with Crippen molar-refractivity contribution in [3.05, 3.63) is 30.0 Å². The second-order valence-corrected chi connectivity index (χ2v) is 4.73. The van der Waals surface area contributed by atoms with Crippen LogP contribution in [0.3, 0.4) is 0 Å². The topological polar surface area (TPSA) is 115 Å². The number of esters is 1. The Morgan fingerprint density at radius 2 is 2.09 bits per heavy atom. The Balaban J connectivity index is 1.98. The van der Waals surface area contributed by atoms with Gasteiger partial charge in [-0.05, 0) is 19.1 Å². The third-order valence-electron chi connectivity index (χ3n) is 3.06. The van der Waals surface area contributed by atoms with E-state index in [0.717, 1.165) is 7.11 Å². The second kappa shape index (κ2) is 6.82. The molecule has 0 spiro atoms. The highest BCUT2D eigenvalue weighted by Gasteiger charge is 2.21. The molecule has 2 N–H and O–H groups in total. The summed E-state index contributed by atoms with van der Waals surface area (Å²) >= 11 is 0. The number of aromatic hydroxyl groups is 1. The van der Waals surface area contributed by atoms with E-state index in [1.54, 1.807) is 6.07 Å². The van der Waals surface area contributed by atoms with Gasteiger partial charge in [0, 0.05) is 17.0 Å². The molecule has 1 atom stereocenters. The average Bonchev–Trinajstić information content (AvgIpc) is 2.88. The maximum absolute atomic E-state index is 11.9. The molecule has 0 bridgehead atoms. The third kappa shape index (κ3) is 4.00. The highest BCUT2D eigenvalue weighted by Crippen LogP contribution is 2.25. The lowest BCUT2D eigenvalue weighted by molar-refractivity contribution is -0.153. The van der Waals surface area contributed by atoms with Gasteiger partial charge in [0.25, 0.3) is 5.91 Å². The minimum atomic E-state index is -1.15. The molecule has 0 aliphatic heterocycles. The number of rotatable bonds is 4. The first-order valence-electron chi connectivity index (χ1n) is 6.68. The Bertz CT molecular complexity index is 749. The monoisotopic (exact) mass is 321 g/mol. The highest BCUT2D eigenvalue weighted by atomic mass is 16.6. The number of amides is 2. The van der Waals surface area contributed by atoms with E-state index >= 15 is 0 Å². The number of hydrogen-bond donors (Lipinski definition) is 2. The van der Waals surface area contributed by atoms with Crippen molar-refractivity contribution in [1.82, 2.24) is 5.32 Å². The molecule has 8 nitrogen and oxygen atoms in total.